The molecule has 1 unspecified atom stereocenters. The fourth-order valence-corrected chi connectivity index (χ4v) is 1.29. The highest BCUT2D eigenvalue weighted by atomic mass is 16.5. The number of pyridine rings is 1. The largest absolute Gasteiger partial charge is 0.383 e. The first-order valence-corrected chi connectivity index (χ1v) is 4.87. The van der Waals surface area contributed by atoms with E-state index < -0.39 is 0 Å². The molecule has 0 saturated carbocycles. The average molecular weight is 194 g/mol. The summed E-state index contributed by atoms with van der Waals surface area (Å²) in [5, 5.41) is 3.34. The van der Waals surface area contributed by atoms with Gasteiger partial charge in [-0.25, -0.2) is 0 Å². The molecule has 0 aliphatic carbocycles. The predicted octanol–water partition coefficient (Wildman–Crippen LogP) is 1.51. The van der Waals surface area contributed by atoms with Crippen molar-refractivity contribution in [2.24, 2.45) is 0 Å². The first kappa shape index (κ1) is 11.1. The van der Waals surface area contributed by atoms with E-state index in [-0.39, 0.29) is 0 Å². The topological polar surface area (TPSA) is 34.1 Å². The van der Waals surface area contributed by atoms with E-state index in [1.54, 1.807) is 7.11 Å². The van der Waals surface area contributed by atoms with E-state index >= 15 is 0 Å². The summed E-state index contributed by atoms with van der Waals surface area (Å²) in [6.07, 6.45) is 0. The van der Waals surface area contributed by atoms with Crippen LogP contribution in [0.25, 0.3) is 0 Å². The molecule has 78 valence electrons. The highest BCUT2D eigenvalue weighted by Crippen LogP contribution is 1.98. The minimum absolute atomic E-state index is 0.363. The lowest BCUT2D eigenvalue weighted by molar-refractivity contribution is 0.171. The fourth-order valence-electron chi connectivity index (χ4n) is 1.29. The zero-order valence-corrected chi connectivity index (χ0v) is 9.08. The number of nitrogens with zero attached hydrogens (tertiary/aromatic N) is 1. The second kappa shape index (κ2) is 5.73. The Morgan fingerprint density at radius 2 is 2.29 bits per heavy atom. The van der Waals surface area contributed by atoms with Crippen LogP contribution < -0.4 is 5.32 Å². The van der Waals surface area contributed by atoms with Gasteiger partial charge in [0.15, 0.2) is 0 Å². The Bertz CT molecular complexity index is 276. The van der Waals surface area contributed by atoms with Gasteiger partial charge in [0.05, 0.1) is 12.3 Å². The molecule has 1 rings (SSSR count). The number of hydrogen-bond donors (Lipinski definition) is 1. The van der Waals surface area contributed by atoms with Crippen molar-refractivity contribution >= 4 is 0 Å². The van der Waals surface area contributed by atoms with Crippen LogP contribution in [0, 0.1) is 6.92 Å². The van der Waals surface area contributed by atoms with Crippen LogP contribution in [0.1, 0.15) is 18.3 Å². The van der Waals surface area contributed by atoms with Gasteiger partial charge in [-0.05, 0) is 26.0 Å². The Labute approximate surface area is 85.5 Å². The second-order valence-electron chi connectivity index (χ2n) is 3.51. The Morgan fingerprint density at radius 3 is 2.93 bits per heavy atom. The van der Waals surface area contributed by atoms with E-state index in [9.17, 15) is 0 Å². The van der Waals surface area contributed by atoms with Crippen molar-refractivity contribution in [2.75, 3.05) is 13.7 Å². The molecule has 1 aromatic heterocycles. The number of rotatable bonds is 5. The van der Waals surface area contributed by atoms with Gasteiger partial charge in [0, 0.05) is 25.4 Å². The third kappa shape index (κ3) is 3.85. The van der Waals surface area contributed by atoms with E-state index in [2.05, 4.69) is 17.2 Å². The molecule has 0 aromatic carbocycles. The maximum absolute atomic E-state index is 5.03. The Hall–Kier alpha value is -0.930. The van der Waals surface area contributed by atoms with E-state index in [1.807, 2.05) is 25.1 Å². The van der Waals surface area contributed by atoms with Gasteiger partial charge in [0.2, 0.25) is 0 Å². The van der Waals surface area contributed by atoms with Crippen molar-refractivity contribution in [3.05, 3.63) is 29.6 Å². The van der Waals surface area contributed by atoms with Crippen LogP contribution >= 0.6 is 0 Å². The fraction of sp³-hybridized carbons (Fsp3) is 0.545. The Morgan fingerprint density at radius 1 is 1.50 bits per heavy atom. The normalized spacial score (nSPS) is 12.8. The number of methoxy groups -OCH3 is 1. The zero-order valence-electron chi connectivity index (χ0n) is 9.08. The van der Waals surface area contributed by atoms with Crippen molar-refractivity contribution in [3.63, 3.8) is 0 Å². The SMILES string of the molecule is COCC(C)NCc1cccc(C)n1. The maximum Gasteiger partial charge on any atom is 0.0613 e. The minimum atomic E-state index is 0.363. The highest BCUT2D eigenvalue weighted by molar-refractivity contribution is 5.09. The summed E-state index contributed by atoms with van der Waals surface area (Å²) in [6, 6.07) is 6.42. The van der Waals surface area contributed by atoms with E-state index in [4.69, 9.17) is 4.74 Å². The molecule has 0 radical (unpaired) electrons. The van der Waals surface area contributed by atoms with Crippen molar-refractivity contribution in [2.45, 2.75) is 26.4 Å². The number of aryl methyl sites for hydroxylation is 1. The summed E-state index contributed by atoms with van der Waals surface area (Å²) >= 11 is 0. The monoisotopic (exact) mass is 194 g/mol. The highest BCUT2D eigenvalue weighted by Gasteiger charge is 2.00. The molecule has 3 heteroatoms. The lowest BCUT2D eigenvalue weighted by Gasteiger charge is -2.12. The van der Waals surface area contributed by atoms with Gasteiger partial charge in [0.1, 0.15) is 0 Å². The van der Waals surface area contributed by atoms with Crippen LogP contribution in [0.3, 0.4) is 0 Å². The molecule has 0 bridgehead atoms. The molecule has 1 N–H and O–H groups in total. The van der Waals surface area contributed by atoms with Gasteiger partial charge < -0.3 is 10.1 Å². The summed E-state index contributed by atoms with van der Waals surface area (Å²) in [5.41, 5.74) is 2.14. The zero-order chi connectivity index (χ0) is 10.4. The summed E-state index contributed by atoms with van der Waals surface area (Å²) < 4.78 is 5.03. The molecular formula is C11H18N2O. The summed E-state index contributed by atoms with van der Waals surface area (Å²) in [4.78, 5) is 4.40. The number of nitrogens with one attached hydrogen (secondary N) is 1. The van der Waals surface area contributed by atoms with Gasteiger partial charge in [-0.15, -0.1) is 0 Å². The average Bonchev–Trinajstić information content (AvgIpc) is 2.15. The standard InChI is InChI=1S/C11H18N2O/c1-9-5-4-6-11(13-9)7-12-10(2)8-14-3/h4-6,10,12H,7-8H2,1-3H3. The summed E-state index contributed by atoms with van der Waals surface area (Å²) in [6.45, 7) is 5.62. The third-order valence-electron chi connectivity index (χ3n) is 1.99. The van der Waals surface area contributed by atoms with Gasteiger partial charge in [-0.2, -0.15) is 0 Å². The maximum atomic E-state index is 5.03. The molecule has 3 nitrogen and oxygen atoms in total. The van der Waals surface area contributed by atoms with Crippen molar-refractivity contribution < 1.29 is 4.74 Å². The van der Waals surface area contributed by atoms with Crippen LogP contribution in [0.2, 0.25) is 0 Å². The van der Waals surface area contributed by atoms with E-state index in [1.165, 1.54) is 0 Å². The van der Waals surface area contributed by atoms with Crippen LogP contribution in [-0.4, -0.2) is 24.7 Å². The molecule has 0 aliphatic heterocycles. The quantitative estimate of drug-likeness (QED) is 0.771. The van der Waals surface area contributed by atoms with Crippen molar-refractivity contribution in [1.29, 1.82) is 0 Å². The van der Waals surface area contributed by atoms with Crippen LogP contribution in [0.5, 0.6) is 0 Å². The van der Waals surface area contributed by atoms with Crippen LogP contribution in [0.15, 0.2) is 18.2 Å². The number of aromatic nitrogens is 1. The van der Waals surface area contributed by atoms with Gasteiger partial charge in [-0.3, -0.25) is 4.98 Å². The molecule has 1 aromatic rings. The molecule has 0 spiro atoms. The van der Waals surface area contributed by atoms with Gasteiger partial charge in [0.25, 0.3) is 0 Å². The first-order valence-electron chi connectivity index (χ1n) is 4.87. The smallest absolute Gasteiger partial charge is 0.0613 e. The van der Waals surface area contributed by atoms with Gasteiger partial charge >= 0.3 is 0 Å². The van der Waals surface area contributed by atoms with E-state index in [0.29, 0.717) is 6.04 Å². The molecule has 0 saturated heterocycles. The minimum Gasteiger partial charge on any atom is -0.383 e. The molecule has 0 aliphatic rings. The summed E-state index contributed by atoms with van der Waals surface area (Å²) in [7, 11) is 1.71. The van der Waals surface area contributed by atoms with E-state index in [0.717, 1.165) is 24.5 Å². The van der Waals surface area contributed by atoms with Crippen LogP contribution in [0.4, 0.5) is 0 Å². The molecule has 1 heterocycles. The molecule has 14 heavy (non-hydrogen) atoms. The molecule has 1 atom stereocenters. The number of hydrogen-bond acceptors (Lipinski definition) is 3. The molecule has 0 amide bonds. The summed E-state index contributed by atoms with van der Waals surface area (Å²) in [5.74, 6) is 0. The van der Waals surface area contributed by atoms with Gasteiger partial charge in [-0.1, -0.05) is 6.07 Å². The van der Waals surface area contributed by atoms with Crippen LogP contribution in [-0.2, 0) is 11.3 Å². The second-order valence-corrected chi connectivity index (χ2v) is 3.51. The number of ether oxygens (including phenoxy) is 1. The Kier molecular flexibility index (Phi) is 4.56. The molecular weight excluding hydrogens is 176 g/mol. The molecule has 0 fully saturated rings. The van der Waals surface area contributed by atoms with Crippen molar-refractivity contribution in [1.82, 2.24) is 10.3 Å². The first-order chi connectivity index (χ1) is 6.72. The lowest BCUT2D eigenvalue weighted by atomic mass is 10.3. The lowest BCUT2D eigenvalue weighted by Crippen LogP contribution is -2.29. The Balaban J connectivity index is 2.37. The third-order valence-corrected chi connectivity index (χ3v) is 1.99. The van der Waals surface area contributed by atoms with Crippen molar-refractivity contribution in [3.8, 4) is 0 Å². The predicted molar refractivity (Wildman–Crippen MR) is 57.2 cm³/mol.